The van der Waals surface area contributed by atoms with Crippen LogP contribution in [-0.2, 0) is 22.3 Å². The van der Waals surface area contributed by atoms with Gasteiger partial charge in [0.05, 0.1) is 15.8 Å². The number of pyridine rings is 1. The van der Waals surface area contributed by atoms with Crippen molar-refractivity contribution in [2.24, 2.45) is 0 Å². The number of aromatic nitrogens is 1. The van der Waals surface area contributed by atoms with Gasteiger partial charge in [0.25, 0.3) is 0 Å². The second-order valence-electron chi connectivity index (χ2n) is 4.19. The van der Waals surface area contributed by atoms with Crippen LogP contribution in [0.1, 0.15) is 11.1 Å². The molecule has 2 rings (SSSR count). The molecule has 4 nitrogen and oxygen atoms in total. The van der Waals surface area contributed by atoms with Crippen molar-refractivity contribution in [1.82, 2.24) is 9.71 Å². The van der Waals surface area contributed by atoms with Crippen molar-refractivity contribution in [2.45, 2.75) is 12.3 Å². The Morgan fingerprint density at radius 3 is 2.55 bits per heavy atom. The Labute approximate surface area is 127 Å². The molecule has 2 aromatic rings. The molecule has 0 fully saturated rings. The first-order valence-corrected chi connectivity index (χ1v) is 8.17. The Hall–Kier alpha value is -1.14. The van der Waals surface area contributed by atoms with E-state index < -0.39 is 10.0 Å². The van der Waals surface area contributed by atoms with Gasteiger partial charge in [-0.1, -0.05) is 35.3 Å². The van der Waals surface area contributed by atoms with Gasteiger partial charge in [-0.05, 0) is 29.3 Å². The lowest BCUT2D eigenvalue weighted by molar-refractivity contribution is 0.580. The van der Waals surface area contributed by atoms with Crippen LogP contribution in [0.15, 0.2) is 42.7 Å². The summed E-state index contributed by atoms with van der Waals surface area (Å²) in [6.45, 7) is 0.206. The molecule has 0 radical (unpaired) electrons. The van der Waals surface area contributed by atoms with Crippen LogP contribution in [-0.4, -0.2) is 13.4 Å². The largest absolute Gasteiger partial charge is 0.264 e. The fourth-order valence-electron chi connectivity index (χ4n) is 1.60. The van der Waals surface area contributed by atoms with E-state index in [1.54, 1.807) is 42.7 Å². The summed E-state index contributed by atoms with van der Waals surface area (Å²) in [4.78, 5) is 3.92. The van der Waals surface area contributed by atoms with E-state index in [4.69, 9.17) is 23.2 Å². The highest BCUT2D eigenvalue weighted by atomic mass is 35.5. The lowest BCUT2D eigenvalue weighted by atomic mass is 10.2. The van der Waals surface area contributed by atoms with Gasteiger partial charge < -0.3 is 0 Å². The topological polar surface area (TPSA) is 59.1 Å². The molecule has 0 saturated heterocycles. The highest BCUT2D eigenvalue weighted by Gasteiger charge is 2.12. The maximum Gasteiger partial charge on any atom is 0.216 e. The fourth-order valence-corrected chi connectivity index (χ4v) is 3.02. The first kappa shape index (κ1) is 15.3. The van der Waals surface area contributed by atoms with Crippen molar-refractivity contribution < 1.29 is 8.42 Å². The number of benzene rings is 1. The van der Waals surface area contributed by atoms with E-state index in [0.717, 1.165) is 5.56 Å². The smallest absolute Gasteiger partial charge is 0.216 e. The Balaban J connectivity index is 2.02. The van der Waals surface area contributed by atoms with E-state index >= 15 is 0 Å². The van der Waals surface area contributed by atoms with E-state index in [2.05, 4.69) is 9.71 Å². The Morgan fingerprint density at radius 1 is 1.10 bits per heavy atom. The molecule has 0 aliphatic heterocycles. The standard InChI is InChI=1S/C13H12Cl2N2O2S/c14-12-4-3-10(6-13(12)15)9-20(18,19)17-8-11-2-1-5-16-7-11/h1-7,17H,8-9H2. The minimum atomic E-state index is -3.44. The number of nitrogens with zero attached hydrogens (tertiary/aromatic N) is 1. The minimum Gasteiger partial charge on any atom is -0.264 e. The van der Waals surface area contributed by atoms with Crippen LogP contribution < -0.4 is 4.72 Å². The maximum absolute atomic E-state index is 12.0. The van der Waals surface area contributed by atoms with Crippen LogP contribution in [0.3, 0.4) is 0 Å². The third-order valence-electron chi connectivity index (χ3n) is 2.56. The first-order chi connectivity index (χ1) is 9.46. The van der Waals surface area contributed by atoms with Crippen molar-refractivity contribution in [1.29, 1.82) is 0 Å². The molecule has 7 heteroatoms. The quantitative estimate of drug-likeness (QED) is 0.916. The molecule has 0 bridgehead atoms. The van der Waals surface area contributed by atoms with E-state index in [0.29, 0.717) is 15.6 Å². The normalized spacial score (nSPS) is 11.5. The summed E-state index contributed by atoms with van der Waals surface area (Å²) in [5, 5.41) is 0.739. The molecule has 0 spiro atoms. The molecule has 0 saturated carbocycles. The molecule has 106 valence electrons. The summed E-state index contributed by atoms with van der Waals surface area (Å²) in [6.07, 6.45) is 3.25. The predicted octanol–water partition coefficient (Wildman–Crippen LogP) is 3.01. The number of nitrogens with one attached hydrogen (secondary N) is 1. The summed E-state index contributed by atoms with van der Waals surface area (Å²) in [7, 11) is -3.44. The summed E-state index contributed by atoms with van der Waals surface area (Å²) in [6, 6.07) is 8.32. The monoisotopic (exact) mass is 330 g/mol. The van der Waals surface area contributed by atoms with E-state index in [1.807, 2.05) is 0 Å². The average Bonchev–Trinajstić information content (AvgIpc) is 2.42. The Kier molecular flexibility index (Phi) is 4.99. The molecular formula is C13H12Cl2N2O2S. The number of sulfonamides is 1. The average molecular weight is 331 g/mol. The number of hydrogen-bond donors (Lipinski definition) is 1. The summed E-state index contributed by atoms with van der Waals surface area (Å²) >= 11 is 11.6. The highest BCUT2D eigenvalue weighted by molar-refractivity contribution is 7.88. The molecule has 0 atom stereocenters. The van der Waals surface area contributed by atoms with Crippen molar-refractivity contribution in [3.63, 3.8) is 0 Å². The molecular weight excluding hydrogens is 319 g/mol. The first-order valence-electron chi connectivity index (χ1n) is 5.76. The second kappa shape index (κ2) is 6.54. The molecule has 0 amide bonds. The Bertz CT molecular complexity index is 691. The summed E-state index contributed by atoms with van der Waals surface area (Å²) < 4.78 is 26.4. The summed E-state index contributed by atoms with van der Waals surface area (Å²) in [5.41, 5.74) is 1.38. The third-order valence-corrected chi connectivity index (χ3v) is 4.60. The van der Waals surface area contributed by atoms with Gasteiger partial charge in [-0.25, -0.2) is 13.1 Å². The molecule has 0 aliphatic carbocycles. The van der Waals surface area contributed by atoms with Crippen molar-refractivity contribution in [2.75, 3.05) is 0 Å². The molecule has 20 heavy (non-hydrogen) atoms. The van der Waals surface area contributed by atoms with Crippen molar-refractivity contribution in [3.8, 4) is 0 Å². The van der Waals surface area contributed by atoms with Gasteiger partial charge in [0, 0.05) is 18.9 Å². The van der Waals surface area contributed by atoms with E-state index in [1.165, 1.54) is 0 Å². The lowest BCUT2D eigenvalue weighted by Crippen LogP contribution is -2.24. The van der Waals surface area contributed by atoms with E-state index in [9.17, 15) is 8.42 Å². The zero-order chi connectivity index (χ0) is 14.6. The Morgan fingerprint density at radius 2 is 1.90 bits per heavy atom. The van der Waals surface area contributed by atoms with Gasteiger partial charge in [-0.3, -0.25) is 4.98 Å². The lowest BCUT2D eigenvalue weighted by Gasteiger charge is -2.07. The highest BCUT2D eigenvalue weighted by Crippen LogP contribution is 2.23. The van der Waals surface area contributed by atoms with Crippen LogP contribution in [0.4, 0.5) is 0 Å². The predicted molar refractivity (Wildman–Crippen MR) is 80.2 cm³/mol. The van der Waals surface area contributed by atoms with Gasteiger partial charge in [-0.2, -0.15) is 0 Å². The third kappa shape index (κ3) is 4.45. The number of halogens is 2. The zero-order valence-electron chi connectivity index (χ0n) is 10.4. The van der Waals surface area contributed by atoms with E-state index in [-0.39, 0.29) is 12.3 Å². The molecule has 1 heterocycles. The van der Waals surface area contributed by atoms with Crippen LogP contribution in [0.5, 0.6) is 0 Å². The van der Waals surface area contributed by atoms with Crippen LogP contribution in [0.2, 0.25) is 10.0 Å². The van der Waals surface area contributed by atoms with Crippen LogP contribution in [0, 0.1) is 0 Å². The fraction of sp³-hybridized carbons (Fsp3) is 0.154. The molecule has 1 aromatic carbocycles. The van der Waals surface area contributed by atoms with Gasteiger partial charge in [-0.15, -0.1) is 0 Å². The van der Waals surface area contributed by atoms with Gasteiger partial charge in [0.1, 0.15) is 0 Å². The van der Waals surface area contributed by atoms with Crippen LogP contribution in [0.25, 0.3) is 0 Å². The molecule has 0 unspecified atom stereocenters. The van der Waals surface area contributed by atoms with Crippen molar-refractivity contribution in [3.05, 3.63) is 63.9 Å². The van der Waals surface area contributed by atoms with Gasteiger partial charge >= 0.3 is 0 Å². The van der Waals surface area contributed by atoms with Gasteiger partial charge in [0.15, 0.2) is 0 Å². The van der Waals surface area contributed by atoms with Crippen LogP contribution >= 0.6 is 23.2 Å². The van der Waals surface area contributed by atoms with Gasteiger partial charge in [0.2, 0.25) is 10.0 Å². The SMILES string of the molecule is O=S(=O)(Cc1ccc(Cl)c(Cl)c1)NCc1cccnc1. The number of rotatable bonds is 5. The maximum atomic E-state index is 12.0. The van der Waals surface area contributed by atoms with Crippen molar-refractivity contribution >= 4 is 33.2 Å². The minimum absolute atomic E-state index is 0.149. The number of hydrogen-bond acceptors (Lipinski definition) is 3. The molecule has 0 aliphatic rings. The molecule has 1 aromatic heterocycles. The summed E-state index contributed by atoms with van der Waals surface area (Å²) in [5.74, 6) is -0.149. The second-order valence-corrected chi connectivity index (χ2v) is 6.81. The zero-order valence-corrected chi connectivity index (χ0v) is 12.7. The molecule has 1 N–H and O–H groups in total.